The second-order valence-electron chi connectivity index (χ2n) is 8.46. The summed E-state index contributed by atoms with van der Waals surface area (Å²) in [5.41, 5.74) is -0.501. The van der Waals surface area contributed by atoms with Crippen LogP contribution in [-0.4, -0.2) is 24.7 Å². The lowest BCUT2D eigenvalue weighted by Gasteiger charge is -2.13. The molecule has 1 aliphatic rings. The van der Waals surface area contributed by atoms with E-state index in [1.54, 1.807) is 62.4 Å². The molecule has 0 bridgehead atoms. The van der Waals surface area contributed by atoms with Crippen LogP contribution in [0.15, 0.2) is 66.5 Å². The SMILES string of the molecule is CC1(C)[C@H](C(=O)O[C@H](C#N)c2cccc(Oc3ccccc3)c2)[C@@H]1C=C(F)C(=O)OCC(F)(F)F. The van der Waals surface area contributed by atoms with Crippen molar-refractivity contribution < 1.29 is 41.4 Å². The Morgan fingerprint density at radius 1 is 1.11 bits per heavy atom. The van der Waals surface area contributed by atoms with Gasteiger partial charge in [0.15, 0.2) is 6.61 Å². The summed E-state index contributed by atoms with van der Waals surface area (Å²) in [4.78, 5) is 24.2. The lowest BCUT2D eigenvalue weighted by molar-refractivity contribution is -0.184. The summed E-state index contributed by atoms with van der Waals surface area (Å²) in [6.45, 7) is 1.28. The number of hydrogen-bond donors (Lipinski definition) is 0. The van der Waals surface area contributed by atoms with Crippen molar-refractivity contribution in [2.45, 2.75) is 26.1 Å². The number of alkyl halides is 3. The zero-order chi connectivity index (χ0) is 25.8. The molecule has 0 aliphatic heterocycles. The van der Waals surface area contributed by atoms with Crippen LogP contribution in [0.25, 0.3) is 0 Å². The number of halogens is 4. The molecule has 0 radical (unpaired) electrons. The molecule has 3 rings (SSSR count). The van der Waals surface area contributed by atoms with Crippen LogP contribution < -0.4 is 4.74 Å². The molecule has 0 heterocycles. The summed E-state index contributed by atoms with van der Waals surface area (Å²) < 4.78 is 65.5. The van der Waals surface area contributed by atoms with Crippen molar-refractivity contribution >= 4 is 11.9 Å². The van der Waals surface area contributed by atoms with Crippen LogP contribution in [0.4, 0.5) is 17.6 Å². The van der Waals surface area contributed by atoms with E-state index in [1.807, 2.05) is 12.1 Å². The zero-order valence-electron chi connectivity index (χ0n) is 18.7. The van der Waals surface area contributed by atoms with Gasteiger partial charge in [0, 0.05) is 5.56 Å². The molecule has 3 atom stereocenters. The lowest BCUT2D eigenvalue weighted by atomic mass is 10.1. The average molecular weight is 491 g/mol. The fraction of sp³-hybridized carbons (Fsp3) is 0.320. The standard InChI is InChI=1S/C25H21F4NO5/c1-24(2)18(12-19(26)22(31)33-14-25(27,28)29)21(24)23(32)35-20(13-30)15-7-6-10-17(11-15)34-16-8-4-3-5-9-16/h3-12,18,20-21H,14H2,1-2H3/t18-,20+,21-/m0/s1. The third kappa shape index (κ3) is 6.59. The monoisotopic (exact) mass is 491 g/mol. The summed E-state index contributed by atoms with van der Waals surface area (Å²) >= 11 is 0. The molecule has 0 N–H and O–H groups in total. The number of hydrogen-bond acceptors (Lipinski definition) is 6. The number of esters is 2. The Morgan fingerprint density at radius 2 is 1.77 bits per heavy atom. The maximum Gasteiger partial charge on any atom is 0.422 e. The Balaban J connectivity index is 1.66. The number of nitriles is 1. The van der Waals surface area contributed by atoms with Crippen molar-refractivity contribution in [1.82, 2.24) is 0 Å². The second-order valence-corrected chi connectivity index (χ2v) is 8.46. The highest BCUT2D eigenvalue weighted by Crippen LogP contribution is 2.60. The number of nitrogens with zero attached hydrogens (tertiary/aromatic N) is 1. The Bertz CT molecular complexity index is 1150. The number of carbonyl (C=O) groups excluding carboxylic acids is 2. The predicted molar refractivity (Wildman–Crippen MR) is 114 cm³/mol. The van der Waals surface area contributed by atoms with Gasteiger partial charge in [-0.2, -0.15) is 22.8 Å². The largest absolute Gasteiger partial charge is 0.457 e. The van der Waals surface area contributed by atoms with Crippen LogP contribution in [0.5, 0.6) is 11.5 Å². The molecule has 0 unspecified atom stereocenters. The van der Waals surface area contributed by atoms with Crippen molar-refractivity contribution in [2.75, 3.05) is 6.61 Å². The molecule has 10 heteroatoms. The smallest absolute Gasteiger partial charge is 0.422 e. The maximum absolute atomic E-state index is 14.1. The first-order valence-electron chi connectivity index (χ1n) is 10.5. The predicted octanol–water partition coefficient (Wildman–Crippen LogP) is 5.82. The third-order valence-electron chi connectivity index (χ3n) is 5.54. The minimum Gasteiger partial charge on any atom is -0.457 e. The summed E-state index contributed by atoms with van der Waals surface area (Å²) in [6, 6.07) is 17.2. The van der Waals surface area contributed by atoms with Crippen molar-refractivity contribution in [2.24, 2.45) is 17.3 Å². The quantitative estimate of drug-likeness (QED) is 0.263. The van der Waals surface area contributed by atoms with E-state index in [1.165, 1.54) is 0 Å². The first-order valence-corrected chi connectivity index (χ1v) is 10.5. The van der Waals surface area contributed by atoms with E-state index in [0.717, 1.165) is 6.08 Å². The molecule has 2 aromatic rings. The third-order valence-corrected chi connectivity index (χ3v) is 5.54. The van der Waals surface area contributed by atoms with E-state index in [4.69, 9.17) is 9.47 Å². The topological polar surface area (TPSA) is 85.6 Å². The molecular formula is C25H21F4NO5. The van der Waals surface area contributed by atoms with E-state index < -0.39 is 53.9 Å². The highest BCUT2D eigenvalue weighted by molar-refractivity contribution is 5.87. The lowest BCUT2D eigenvalue weighted by Crippen LogP contribution is -2.20. The molecule has 35 heavy (non-hydrogen) atoms. The van der Waals surface area contributed by atoms with Crippen molar-refractivity contribution in [1.29, 1.82) is 5.26 Å². The van der Waals surface area contributed by atoms with E-state index in [2.05, 4.69) is 4.74 Å². The summed E-state index contributed by atoms with van der Waals surface area (Å²) in [6.07, 6.45) is -5.33. The van der Waals surface area contributed by atoms with Crippen molar-refractivity contribution in [3.05, 3.63) is 72.1 Å². The van der Waals surface area contributed by atoms with Gasteiger partial charge in [-0.15, -0.1) is 0 Å². The van der Waals surface area contributed by atoms with Crippen molar-refractivity contribution in [3.8, 4) is 17.6 Å². The number of allylic oxidation sites excluding steroid dienone is 1. The minimum atomic E-state index is -4.79. The van der Waals surface area contributed by atoms with Gasteiger partial charge in [0.1, 0.15) is 17.6 Å². The molecule has 0 amide bonds. The fourth-order valence-electron chi connectivity index (χ4n) is 3.61. The van der Waals surface area contributed by atoms with Gasteiger partial charge in [-0.1, -0.05) is 44.2 Å². The minimum absolute atomic E-state index is 0.349. The summed E-state index contributed by atoms with van der Waals surface area (Å²) in [5, 5.41) is 9.56. The van der Waals surface area contributed by atoms with Gasteiger partial charge in [0.05, 0.1) is 5.92 Å². The molecular weight excluding hydrogens is 470 g/mol. The number of ether oxygens (including phenoxy) is 3. The second kappa shape index (κ2) is 10.2. The van der Waals surface area contributed by atoms with E-state index in [0.29, 0.717) is 17.1 Å². The highest BCUT2D eigenvalue weighted by atomic mass is 19.4. The number of benzene rings is 2. The van der Waals surface area contributed by atoms with Gasteiger partial charge in [-0.25, -0.2) is 4.79 Å². The van der Waals surface area contributed by atoms with Crippen LogP contribution in [-0.2, 0) is 19.1 Å². The Labute approximate surface area is 198 Å². The number of rotatable bonds is 8. The Kier molecular flexibility index (Phi) is 7.48. The average Bonchev–Trinajstić information content (AvgIpc) is 3.35. The molecule has 0 aromatic heterocycles. The van der Waals surface area contributed by atoms with E-state index in [9.17, 15) is 32.4 Å². The Hall–Kier alpha value is -3.87. The van der Waals surface area contributed by atoms with E-state index >= 15 is 0 Å². The molecule has 1 aliphatic carbocycles. The van der Waals surface area contributed by atoms with Gasteiger partial charge >= 0.3 is 18.1 Å². The molecule has 184 valence electrons. The van der Waals surface area contributed by atoms with Crippen LogP contribution in [0.1, 0.15) is 25.5 Å². The molecule has 1 saturated carbocycles. The fourth-order valence-corrected chi connectivity index (χ4v) is 3.61. The van der Waals surface area contributed by atoms with Gasteiger partial charge in [0.25, 0.3) is 0 Å². The first-order chi connectivity index (χ1) is 16.4. The van der Waals surface area contributed by atoms with E-state index in [-0.39, 0.29) is 0 Å². The zero-order valence-corrected chi connectivity index (χ0v) is 18.7. The highest BCUT2D eigenvalue weighted by Gasteiger charge is 2.62. The van der Waals surface area contributed by atoms with Gasteiger partial charge in [-0.3, -0.25) is 4.79 Å². The molecule has 0 spiro atoms. The van der Waals surface area contributed by atoms with Gasteiger partial charge in [-0.05, 0) is 41.7 Å². The first kappa shape index (κ1) is 25.7. The maximum atomic E-state index is 14.1. The van der Waals surface area contributed by atoms with Crippen LogP contribution >= 0.6 is 0 Å². The van der Waals surface area contributed by atoms with Crippen LogP contribution in [0, 0.1) is 28.6 Å². The van der Waals surface area contributed by atoms with Crippen molar-refractivity contribution in [3.63, 3.8) is 0 Å². The molecule has 2 aromatic carbocycles. The van der Waals surface area contributed by atoms with Crippen LogP contribution in [0.3, 0.4) is 0 Å². The number of para-hydroxylation sites is 1. The normalized spacial score (nSPS) is 19.7. The Morgan fingerprint density at radius 3 is 2.40 bits per heavy atom. The summed E-state index contributed by atoms with van der Waals surface area (Å²) in [5.74, 6) is -4.89. The van der Waals surface area contributed by atoms with Crippen LogP contribution in [0.2, 0.25) is 0 Å². The van der Waals surface area contributed by atoms with Gasteiger partial charge < -0.3 is 14.2 Å². The molecule has 1 fully saturated rings. The number of carbonyl (C=O) groups is 2. The summed E-state index contributed by atoms with van der Waals surface area (Å²) in [7, 11) is 0. The molecule has 6 nitrogen and oxygen atoms in total. The van der Waals surface area contributed by atoms with Gasteiger partial charge in [0.2, 0.25) is 11.9 Å². The molecule has 0 saturated heterocycles.